The summed E-state index contributed by atoms with van der Waals surface area (Å²) >= 11 is 5.97. The molecule has 0 aromatic heterocycles. The number of benzene rings is 2. The Balaban J connectivity index is 1.81. The Hall–Kier alpha value is -1.96. The Morgan fingerprint density at radius 3 is 2.33 bits per heavy atom. The molecule has 5 nitrogen and oxygen atoms in total. The molecular weight excluding hydrogens is 391 g/mol. The highest BCUT2D eigenvalue weighted by molar-refractivity contribution is 7.89. The SMILES string of the molecule is O=C(Nc1ccc(S(=O)(=O)N2CCCCCC2)cc1F)c1ccccc1Cl. The number of carbonyl (C=O) groups is 1. The average Bonchev–Trinajstić information content (AvgIpc) is 2.93. The molecule has 144 valence electrons. The highest BCUT2D eigenvalue weighted by Gasteiger charge is 2.26. The van der Waals surface area contributed by atoms with Crippen LogP contribution in [0.4, 0.5) is 10.1 Å². The van der Waals surface area contributed by atoms with Crippen molar-refractivity contribution in [2.45, 2.75) is 30.6 Å². The molecule has 0 spiro atoms. The van der Waals surface area contributed by atoms with E-state index >= 15 is 0 Å². The molecule has 0 radical (unpaired) electrons. The summed E-state index contributed by atoms with van der Waals surface area (Å²) in [5.74, 6) is -1.38. The van der Waals surface area contributed by atoms with Crippen molar-refractivity contribution < 1.29 is 17.6 Å². The summed E-state index contributed by atoms with van der Waals surface area (Å²) in [6.45, 7) is 0.879. The molecule has 1 N–H and O–H groups in total. The second-order valence-corrected chi connectivity index (χ2v) is 8.74. The van der Waals surface area contributed by atoms with Crippen LogP contribution in [-0.4, -0.2) is 31.7 Å². The molecule has 8 heteroatoms. The fraction of sp³-hybridized carbons (Fsp3) is 0.316. The van der Waals surface area contributed by atoms with Crippen LogP contribution in [0.3, 0.4) is 0 Å². The van der Waals surface area contributed by atoms with E-state index in [0.717, 1.165) is 31.7 Å². The summed E-state index contributed by atoms with van der Waals surface area (Å²) in [4.78, 5) is 12.2. The van der Waals surface area contributed by atoms with Crippen molar-refractivity contribution in [1.82, 2.24) is 4.31 Å². The zero-order valence-corrected chi connectivity index (χ0v) is 16.2. The maximum atomic E-state index is 14.5. The minimum Gasteiger partial charge on any atom is -0.319 e. The number of nitrogens with one attached hydrogen (secondary N) is 1. The third-order valence-corrected chi connectivity index (χ3v) is 6.73. The van der Waals surface area contributed by atoms with Crippen molar-refractivity contribution in [1.29, 1.82) is 0 Å². The van der Waals surface area contributed by atoms with Crippen molar-refractivity contribution in [2.24, 2.45) is 0 Å². The number of sulfonamides is 1. The van der Waals surface area contributed by atoms with Gasteiger partial charge in [-0.15, -0.1) is 0 Å². The molecule has 0 unspecified atom stereocenters. The molecule has 3 rings (SSSR count). The van der Waals surface area contributed by atoms with Gasteiger partial charge in [0.25, 0.3) is 5.91 Å². The van der Waals surface area contributed by atoms with Gasteiger partial charge in [0, 0.05) is 13.1 Å². The number of carbonyl (C=O) groups excluding carboxylic acids is 1. The Bertz CT molecular complexity index is 942. The lowest BCUT2D eigenvalue weighted by atomic mass is 10.2. The third-order valence-electron chi connectivity index (χ3n) is 4.51. The first-order valence-electron chi connectivity index (χ1n) is 8.75. The number of amides is 1. The van der Waals surface area contributed by atoms with E-state index in [1.807, 2.05) is 0 Å². The number of hydrogen-bond donors (Lipinski definition) is 1. The molecule has 2 aromatic rings. The lowest BCUT2D eigenvalue weighted by Crippen LogP contribution is -2.32. The first-order chi connectivity index (χ1) is 12.9. The highest BCUT2D eigenvalue weighted by atomic mass is 35.5. The van der Waals surface area contributed by atoms with Crippen molar-refractivity contribution in [3.63, 3.8) is 0 Å². The van der Waals surface area contributed by atoms with Crippen LogP contribution in [0.5, 0.6) is 0 Å². The largest absolute Gasteiger partial charge is 0.319 e. The van der Waals surface area contributed by atoms with Gasteiger partial charge in [0.05, 0.1) is 21.2 Å². The molecular formula is C19H20ClFN2O3S. The molecule has 1 fully saturated rings. The van der Waals surface area contributed by atoms with Crippen molar-refractivity contribution in [3.05, 3.63) is 58.9 Å². The molecule has 0 saturated carbocycles. The van der Waals surface area contributed by atoms with Crippen LogP contribution < -0.4 is 5.32 Å². The first-order valence-corrected chi connectivity index (χ1v) is 10.6. The molecule has 1 heterocycles. The highest BCUT2D eigenvalue weighted by Crippen LogP contribution is 2.25. The Morgan fingerprint density at radius 2 is 1.70 bits per heavy atom. The predicted molar refractivity (Wildman–Crippen MR) is 103 cm³/mol. The molecule has 0 bridgehead atoms. The standard InChI is InChI=1S/C19H20ClFN2O3S/c20-16-8-4-3-7-15(16)19(24)22-18-10-9-14(13-17(18)21)27(25,26)23-11-5-1-2-6-12-23/h3-4,7-10,13H,1-2,5-6,11-12H2,(H,22,24). The van der Waals surface area contributed by atoms with Gasteiger partial charge >= 0.3 is 0 Å². The minimum atomic E-state index is -3.75. The average molecular weight is 411 g/mol. The molecule has 1 saturated heterocycles. The Morgan fingerprint density at radius 1 is 1.04 bits per heavy atom. The number of hydrogen-bond acceptors (Lipinski definition) is 3. The summed E-state index contributed by atoms with van der Waals surface area (Å²) in [5, 5.41) is 2.67. The van der Waals surface area contributed by atoms with E-state index in [4.69, 9.17) is 11.6 Å². The third kappa shape index (κ3) is 4.48. The van der Waals surface area contributed by atoms with Crippen LogP contribution in [0, 0.1) is 5.82 Å². The summed E-state index contributed by atoms with van der Waals surface area (Å²) in [6, 6.07) is 9.93. The first kappa shape index (κ1) is 19.8. The predicted octanol–water partition coefficient (Wildman–Crippen LogP) is 4.30. The van der Waals surface area contributed by atoms with Crippen molar-refractivity contribution in [2.75, 3.05) is 18.4 Å². The number of nitrogens with zero attached hydrogens (tertiary/aromatic N) is 1. The molecule has 1 aliphatic heterocycles. The van der Waals surface area contributed by atoms with Crippen LogP contribution >= 0.6 is 11.6 Å². The fourth-order valence-electron chi connectivity index (χ4n) is 3.02. The van der Waals surface area contributed by atoms with Crippen LogP contribution in [0.25, 0.3) is 0 Å². The molecule has 0 atom stereocenters. The smallest absolute Gasteiger partial charge is 0.257 e. The molecule has 27 heavy (non-hydrogen) atoms. The van der Waals surface area contributed by atoms with Gasteiger partial charge < -0.3 is 5.32 Å². The maximum absolute atomic E-state index is 14.5. The van der Waals surface area contributed by atoms with Crippen molar-refractivity contribution in [3.8, 4) is 0 Å². The molecule has 1 amide bonds. The van der Waals surface area contributed by atoms with Crippen LogP contribution in [0.1, 0.15) is 36.0 Å². The summed E-state index contributed by atoms with van der Waals surface area (Å²) in [5.41, 5.74) is 0.106. The van der Waals surface area contributed by atoms with E-state index < -0.39 is 21.7 Å². The van der Waals surface area contributed by atoms with Gasteiger partial charge in [-0.2, -0.15) is 4.31 Å². The number of halogens is 2. The quantitative estimate of drug-likeness (QED) is 0.817. The van der Waals surface area contributed by atoms with E-state index in [1.54, 1.807) is 18.2 Å². The molecule has 1 aliphatic rings. The van der Waals surface area contributed by atoms with E-state index in [1.165, 1.54) is 22.5 Å². The monoisotopic (exact) mass is 410 g/mol. The van der Waals surface area contributed by atoms with Crippen molar-refractivity contribution >= 4 is 33.2 Å². The maximum Gasteiger partial charge on any atom is 0.257 e. The van der Waals surface area contributed by atoms with Crippen LogP contribution in [-0.2, 0) is 10.0 Å². The van der Waals surface area contributed by atoms with Gasteiger partial charge in [-0.25, -0.2) is 12.8 Å². The van der Waals surface area contributed by atoms with E-state index in [2.05, 4.69) is 5.32 Å². The lowest BCUT2D eigenvalue weighted by Gasteiger charge is -2.20. The molecule has 2 aromatic carbocycles. The van der Waals surface area contributed by atoms with Gasteiger partial charge in [0.15, 0.2) is 0 Å². The molecule has 0 aliphatic carbocycles. The van der Waals surface area contributed by atoms with Gasteiger partial charge in [0.2, 0.25) is 10.0 Å². The van der Waals surface area contributed by atoms with Gasteiger partial charge in [0.1, 0.15) is 5.82 Å². The van der Waals surface area contributed by atoms with Crippen LogP contribution in [0.2, 0.25) is 5.02 Å². The number of anilines is 1. The zero-order chi connectivity index (χ0) is 19.4. The summed E-state index contributed by atoms with van der Waals surface area (Å²) in [6.07, 6.45) is 3.59. The zero-order valence-electron chi connectivity index (χ0n) is 14.6. The Kier molecular flexibility index (Phi) is 6.14. The second-order valence-electron chi connectivity index (χ2n) is 6.39. The van der Waals surface area contributed by atoms with Crippen LogP contribution in [0.15, 0.2) is 47.4 Å². The number of rotatable bonds is 4. The van der Waals surface area contributed by atoms with E-state index in [0.29, 0.717) is 13.1 Å². The lowest BCUT2D eigenvalue weighted by molar-refractivity contribution is 0.102. The fourth-order valence-corrected chi connectivity index (χ4v) is 4.77. The summed E-state index contributed by atoms with van der Waals surface area (Å²) in [7, 11) is -3.75. The van der Waals surface area contributed by atoms with Gasteiger partial charge in [-0.3, -0.25) is 4.79 Å². The minimum absolute atomic E-state index is 0.102. The normalized spacial score (nSPS) is 15.9. The topological polar surface area (TPSA) is 66.5 Å². The Labute approximate surface area is 163 Å². The summed E-state index contributed by atoms with van der Waals surface area (Å²) < 4.78 is 41.4. The van der Waals surface area contributed by atoms with Gasteiger partial charge in [-0.05, 0) is 43.2 Å². The second kappa shape index (κ2) is 8.37. The van der Waals surface area contributed by atoms with E-state index in [-0.39, 0.29) is 21.2 Å². The van der Waals surface area contributed by atoms with Gasteiger partial charge in [-0.1, -0.05) is 36.6 Å². The van der Waals surface area contributed by atoms with E-state index in [9.17, 15) is 17.6 Å².